The van der Waals surface area contributed by atoms with Gasteiger partial charge >= 0.3 is 0 Å². The van der Waals surface area contributed by atoms with Crippen LogP contribution in [0.1, 0.15) is 32.1 Å². The number of ether oxygens (including phenoxy) is 1. The van der Waals surface area contributed by atoms with Gasteiger partial charge in [0.05, 0.1) is 7.11 Å². The summed E-state index contributed by atoms with van der Waals surface area (Å²) < 4.78 is 18.0. The number of hydrogen-bond acceptors (Lipinski definition) is 4. The third-order valence-corrected chi connectivity index (χ3v) is 4.19. The van der Waals surface area contributed by atoms with Gasteiger partial charge < -0.3 is 15.4 Å². The van der Waals surface area contributed by atoms with E-state index in [9.17, 15) is 14.0 Å². The number of methoxy groups -OCH3 is 1. The van der Waals surface area contributed by atoms with Crippen LogP contribution in [0.3, 0.4) is 0 Å². The summed E-state index contributed by atoms with van der Waals surface area (Å²) in [5.41, 5.74) is 1.94. The van der Waals surface area contributed by atoms with Crippen LogP contribution in [0.5, 0.6) is 5.75 Å². The lowest BCUT2D eigenvalue weighted by Crippen LogP contribution is -2.27. The highest BCUT2D eigenvalue weighted by Crippen LogP contribution is 2.11. The van der Waals surface area contributed by atoms with Gasteiger partial charge in [0.2, 0.25) is 0 Å². The van der Waals surface area contributed by atoms with E-state index in [2.05, 4.69) is 15.6 Å². The first-order valence-electron chi connectivity index (χ1n) is 8.96. The Bertz CT molecular complexity index is 989. The highest BCUT2D eigenvalue weighted by molar-refractivity contribution is 5.96. The standard InChI is InChI=1S/C22H20FN3O3/c1-29-18-11-7-16(8-12-18)14-25-22(28)20-4-2-3-19(26-20)21(27)24-13-15-5-9-17(23)10-6-15/h2-12H,13-14H2,1H3,(H,24,27)(H,25,28). The zero-order valence-electron chi connectivity index (χ0n) is 15.8. The molecular weight excluding hydrogens is 373 g/mol. The Morgan fingerprint density at radius 3 is 1.79 bits per heavy atom. The van der Waals surface area contributed by atoms with Crippen molar-refractivity contribution in [3.8, 4) is 5.75 Å². The lowest BCUT2D eigenvalue weighted by molar-refractivity contribution is 0.0941. The molecule has 0 fully saturated rings. The number of rotatable bonds is 7. The average molecular weight is 393 g/mol. The van der Waals surface area contributed by atoms with Crippen molar-refractivity contribution in [3.05, 3.63) is 95.1 Å². The summed E-state index contributed by atoms with van der Waals surface area (Å²) >= 11 is 0. The SMILES string of the molecule is COc1ccc(CNC(=O)c2cccc(C(=O)NCc3ccc(F)cc3)n2)cc1. The molecule has 1 heterocycles. The molecule has 0 atom stereocenters. The topological polar surface area (TPSA) is 80.3 Å². The van der Waals surface area contributed by atoms with Crippen molar-refractivity contribution >= 4 is 11.8 Å². The summed E-state index contributed by atoms with van der Waals surface area (Å²) in [5, 5.41) is 5.47. The Kier molecular flexibility index (Phi) is 6.52. The number of halogens is 1. The van der Waals surface area contributed by atoms with Gasteiger partial charge in [0, 0.05) is 13.1 Å². The molecule has 0 aliphatic rings. The number of hydrogen-bond donors (Lipinski definition) is 2. The van der Waals surface area contributed by atoms with E-state index in [1.54, 1.807) is 31.4 Å². The van der Waals surface area contributed by atoms with Crippen molar-refractivity contribution in [2.75, 3.05) is 7.11 Å². The molecule has 2 N–H and O–H groups in total. The van der Waals surface area contributed by atoms with E-state index in [0.717, 1.165) is 16.9 Å². The molecule has 7 heteroatoms. The molecule has 0 spiro atoms. The molecule has 3 rings (SSSR count). The van der Waals surface area contributed by atoms with Crippen LogP contribution in [0, 0.1) is 5.82 Å². The number of aromatic nitrogens is 1. The molecule has 3 aromatic rings. The Balaban J connectivity index is 1.57. The molecule has 0 unspecified atom stereocenters. The van der Waals surface area contributed by atoms with Gasteiger partial charge in [-0.15, -0.1) is 0 Å². The number of carbonyl (C=O) groups excluding carboxylic acids is 2. The number of pyridine rings is 1. The highest BCUT2D eigenvalue weighted by Gasteiger charge is 2.12. The van der Waals surface area contributed by atoms with Crippen molar-refractivity contribution in [2.24, 2.45) is 0 Å². The quantitative estimate of drug-likeness (QED) is 0.647. The van der Waals surface area contributed by atoms with Crippen molar-refractivity contribution in [1.29, 1.82) is 0 Å². The van der Waals surface area contributed by atoms with Gasteiger partial charge in [-0.2, -0.15) is 0 Å². The first-order chi connectivity index (χ1) is 14.0. The molecule has 0 saturated heterocycles. The fraction of sp³-hybridized carbons (Fsp3) is 0.136. The van der Waals surface area contributed by atoms with E-state index >= 15 is 0 Å². The van der Waals surface area contributed by atoms with E-state index in [1.807, 2.05) is 24.3 Å². The summed E-state index contributed by atoms with van der Waals surface area (Å²) in [5.74, 6) is -0.399. The van der Waals surface area contributed by atoms with E-state index in [-0.39, 0.29) is 29.7 Å². The van der Waals surface area contributed by atoms with Crippen molar-refractivity contribution in [3.63, 3.8) is 0 Å². The predicted molar refractivity (Wildman–Crippen MR) is 106 cm³/mol. The molecule has 2 aromatic carbocycles. The molecule has 0 aliphatic carbocycles. The van der Waals surface area contributed by atoms with Crippen LogP contribution in [0.4, 0.5) is 4.39 Å². The fourth-order valence-corrected chi connectivity index (χ4v) is 2.58. The molecular formula is C22H20FN3O3. The maximum atomic E-state index is 12.9. The minimum atomic E-state index is -0.417. The largest absolute Gasteiger partial charge is 0.497 e. The molecule has 0 bridgehead atoms. The average Bonchev–Trinajstić information content (AvgIpc) is 2.77. The Morgan fingerprint density at radius 1 is 0.828 bits per heavy atom. The maximum Gasteiger partial charge on any atom is 0.270 e. The van der Waals surface area contributed by atoms with Crippen molar-refractivity contribution < 1.29 is 18.7 Å². The number of amides is 2. The summed E-state index contributed by atoms with van der Waals surface area (Å²) in [4.78, 5) is 28.8. The second kappa shape index (κ2) is 9.45. The van der Waals surface area contributed by atoms with Crippen LogP contribution in [0.15, 0.2) is 66.7 Å². The summed E-state index contributed by atoms with van der Waals surface area (Å²) in [6.45, 7) is 0.556. The van der Waals surface area contributed by atoms with E-state index < -0.39 is 5.91 Å². The van der Waals surface area contributed by atoms with Crippen molar-refractivity contribution in [2.45, 2.75) is 13.1 Å². The first kappa shape index (κ1) is 20.0. The third kappa shape index (κ3) is 5.62. The second-order valence-corrected chi connectivity index (χ2v) is 6.25. The summed E-state index contributed by atoms with van der Waals surface area (Å²) in [7, 11) is 1.59. The molecule has 0 saturated carbocycles. The zero-order valence-corrected chi connectivity index (χ0v) is 15.8. The van der Waals surface area contributed by atoms with Gasteiger partial charge in [-0.3, -0.25) is 9.59 Å². The number of nitrogens with one attached hydrogen (secondary N) is 2. The number of carbonyl (C=O) groups is 2. The number of benzene rings is 2. The van der Waals surface area contributed by atoms with Crippen LogP contribution in [-0.2, 0) is 13.1 Å². The smallest absolute Gasteiger partial charge is 0.270 e. The predicted octanol–water partition coefficient (Wildman–Crippen LogP) is 3.09. The molecule has 29 heavy (non-hydrogen) atoms. The van der Waals surface area contributed by atoms with Crippen molar-refractivity contribution in [1.82, 2.24) is 15.6 Å². The van der Waals surface area contributed by atoms with Crippen LogP contribution < -0.4 is 15.4 Å². The van der Waals surface area contributed by atoms with Gasteiger partial charge in [0.15, 0.2) is 0 Å². The summed E-state index contributed by atoms with van der Waals surface area (Å²) in [6.07, 6.45) is 0. The van der Waals surface area contributed by atoms with E-state index in [1.165, 1.54) is 18.2 Å². The Hall–Kier alpha value is -3.74. The first-order valence-corrected chi connectivity index (χ1v) is 8.96. The van der Waals surface area contributed by atoms with Gasteiger partial charge in [-0.1, -0.05) is 30.3 Å². The van der Waals surface area contributed by atoms with E-state index in [4.69, 9.17) is 4.74 Å². The van der Waals surface area contributed by atoms with Crippen LogP contribution in [-0.4, -0.2) is 23.9 Å². The normalized spacial score (nSPS) is 10.3. The molecule has 0 aliphatic heterocycles. The van der Waals surface area contributed by atoms with E-state index in [0.29, 0.717) is 6.54 Å². The lowest BCUT2D eigenvalue weighted by atomic mass is 10.2. The minimum Gasteiger partial charge on any atom is -0.497 e. The van der Waals surface area contributed by atoms with Crippen LogP contribution >= 0.6 is 0 Å². The highest BCUT2D eigenvalue weighted by atomic mass is 19.1. The van der Waals surface area contributed by atoms with Gasteiger partial charge in [0.1, 0.15) is 23.0 Å². The minimum absolute atomic E-state index is 0.129. The van der Waals surface area contributed by atoms with Gasteiger partial charge in [-0.05, 0) is 47.5 Å². The zero-order chi connectivity index (χ0) is 20.6. The number of nitrogens with zero attached hydrogens (tertiary/aromatic N) is 1. The van der Waals surface area contributed by atoms with Crippen LogP contribution in [0.2, 0.25) is 0 Å². The lowest BCUT2D eigenvalue weighted by Gasteiger charge is -2.08. The summed E-state index contributed by atoms with van der Waals surface area (Å²) in [6, 6.07) is 17.8. The monoisotopic (exact) mass is 393 g/mol. The Morgan fingerprint density at radius 2 is 1.31 bits per heavy atom. The van der Waals surface area contributed by atoms with Gasteiger partial charge in [0.25, 0.3) is 11.8 Å². The maximum absolute atomic E-state index is 12.9. The molecule has 6 nitrogen and oxygen atoms in total. The van der Waals surface area contributed by atoms with Crippen LogP contribution in [0.25, 0.3) is 0 Å². The van der Waals surface area contributed by atoms with Gasteiger partial charge in [-0.25, -0.2) is 9.37 Å². The molecule has 0 radical (unpaired) electrons. The second-order valence-electron chi connectivity index (χ2n) is 6.25. The molecule has 1 aromatic heterocycles. The molecule has 2 amide bonds. The fourth-order valence-electron chi connectivity index (χ4n) is 2.58. The molecule has 148 valence electrons. The Labute approximate surface area is 167 Å². The third-order valence-electron chi connectivity index (χ3n) is 4.19.